The summed E-state index contributed by atoms with van der Waals surface area (Å²) in [6.07, 6.45) is 1.92. The fraction of sp³-hybridized carbons (Fsp3) is 0.409. The lowest BCUT2D eigenvalue weighted by Gasteiger charge is -2.59. The van der Waals surface area contributed by atoms with Gasteiger partial charge >= 0.3 is 6.03 Å². The molecule has 0 saturated carbocycles. The number of amides is 2. The van der Waals surface area contributed by atoms with Crippen molar-refractivity contribution >= 4 is 23.3 Å². The highest BCUT2D eigenvalue weighted by atomic mass is 35.5. The van der Waals surface area contributed by atoms with Crippen molar-refractivity contribution in [2.45, 2.75) is 25.8 Å². The molecular weight excluding hydrogens is 377 g/mol. The minimum absolute atomic E-state index is 0.158. The van der Waals surface area contributed by atoms with E-state index in [1.807, 2.05) is 17.0 Å². The number of nitrogens with one attached hydrogen (secondary N) is 1. The smallest absolute Gasteiger partial charge is 0.321 e. The lowest BCUT2D eigenvalue weighted by Crippen LogP contribution is -2.61. The lowest BCUT2D eigenvalue weighted by molar-refractivity contribution is -0.0915. The molecule has 0 bridgehead atoms. The van der Waals surface area contributed by atoms with Crippen molar-refractivity contribution in [1.82, 2.24) is 9.80 Å². The third-order valence-electron chi connectivity index (χ3n) is 6.24. The van der Waals surface area contributed by atoms with E-state index in [1.165, 1.54) is 11.6 Å². The van der Waals surface area contributed by atoms with Gasteiger partial charge in [0.15, 0.2) is 0 Å². The van der Waals surface area contributed by atoms with E-state index in [4.69, 9.17) is 11.6 Å². The maximum absolute atomic E-state index is 13.7. The van der Waals surface area contributed by atoms with Gasteiger partial charge in [0, 0.05) is 41.8 Å². The first-order valence-electron chi connectivity index (χ1n) is 9.66. The summed E-state index contributed by atoms with van der Waals surface area (Å²) in [7, 11) is 2.15. The molecule has 4 rings (SSSR count). The number of nitrogens with zero attached hydrogens (tertiary/aromatic N) is 2. The van der Waals surface area contributed by atoms with Gasteiger partial charge in [-0.15, -0.1) is 0 Å². The molecule has 2 heterocycles. The number of carbonyl (C=O) groups is 1. The van der Waals surface area contributed by atoms with Crippen LogP contribution in [0.25, 0.3) is 0 Å². The van der Waals surface area contributed by atoms with E-state index in [0.29, 0.717) is 30.4 Å². The molecule has 0 aliphatic carbocycles. The van der Waals surface area contributed by atoms with Gasteiger partial charge < -0.3 is 10.2 Å². The molecule has 4 nitrogen and oxygen atoms in total. The van der Waals surface area contributed by atoms with Gasteiger partial charge in [0.25, 0.3) is 0 Å². The van der Waals surface area contributed by atoms with Crippen molar-refractivity contribution < 1.29 is 9.18 Å². The van der Waals surface area contributed by atoms with Gasteiger partial charge in [-0.25, -0.2) is 9.18 Å². The Balaban J connectivity index is 1.40. The second-order valence-corrected chi connectivity index (χ2v) is 8.55. The van der Waals surface area contributed by atoms with Crippen LogP contribution in [0.1, 0.15) is 30.0 Å². The Kier molecular flexibility index (Phi) is 5.06. The van der Waals surface area contributed by atoms with Crippen molar-refractivity contribution in [3.63, 3.8) is 0 Å². The van der Waals surface area contributed by atoms with Crippen LogP contribution in [-0.2, 0) is 0 Å². The van der Waals surface area contributed by atoms with Crippen molar-refractivity contribution in [2.75, 3.05) is 32.0 Å². The number of anilines is 1. The number of likely N-dealkylation sites (tertiary alicyclic amines) is 2. The first kappa shape index (κ1) is 19.2. The lowest BCUT2D eigenvalue weighted by atomic mass is 9.63. The van der Waals surface area contributed by atoms with E-state index in [-0.39, 0.29) is 17.3 Å². The van der Waals surface area contributed by atoms with E-state index in [9.17, 15) is 9.18 Å². The normalized spacial score (nSPS) is 21.4. The number of halogens is 2. The Labute approximate surface area is 170 Å². The van der Waals surface area contributed by atoms with Gasteiger partial charge in [-0.1, -0.05) is 29.8 Å². The van der Waals surface area contributed by atoms with E-state index in [1.54, 1.807) is 19.1 Å². The summed E-state index contributed by atoms with van der Waals surface area (Å²) in [6.45, 7) is 4.16. The third kappa shape index (κ3) is 3.49. The average Bonchev–Trinajstić information content (AvgIpc) is 2.67. The molecular formula is C22H25ClFN3O. The molecule has 1 unspecified atom stereocenters. The number of hydrogen-bond acceptors (Lipinski definition) is 2. The fourth-order valence-corrected chi connectivity index (χ4v) is 4.87. The van der Waals surface area contributed by atoms with Crippen LogP contribution in [0.5, 0.6) is 0 Å². The predicted molar refractivity (Wildman–Crippen MR) is 110 cm³/mol. The van der Waals surface area contributed by atoms with Gasteiger partial charge in [-0.2, -0.15) is 0 Å². The van der Waals surface area contributed by atoms with Crippen LogP contribution in [0.4, 0.5) is 14.9 Å². The maximum Gasteiger partial charge on any atom is 0.321 e. The largest absolute Gasteiger partial charge is 0.324 e. The molecule has 28 heavy (non-hydrogen) atoms. The standard InChI is InChI=1S/C22H25ClFN3O/c1-15-3-8-18(13-19(15)24)25-21(28)27-11-9-22(10-12-27)14-26(2)20(22)16-4-6-17(23)7-5-16/h3-8,13,20H,9-12,14H2,1-2H3,(H,25,28). The van der Waals surface area contributed by atoms with Crippen LogP contribution in [-0.4, -0.2) is 42.5 Å². The van der Waals surface area contributed by atoms with Gasteiger partial charge in [0.2, 0.25) is 0 Å². The minimum atomic E-state index is -0.307. The maximum atomic E-state index is 13.7. The van der Waals surface area contributed by atoms with Gasteiger partial charge in [-0.3, -0.25) is 4.90 Å². The number of aryl methyl sites for hydroxylation is 1. The Morgan fingerprint density at radius 3 is 2.46 bits per heavy atom. The summed E-state index contributed by atoms with van der Waals surface area (Å²) in [4.78, 5) is 16.8. The molecule has 0 radical (unpaired) electrons. The monoisotopic (exact) mass is 401 g/mol. The molecule has 2 aromatic rings. The van der Waals surface area contributed by atoms with Gasteiger partial charge in [-0.05, 0) is 62.2 Å². The highest BCUT2D eigenvalue weighted by molar-refractivity contribution is 6.30. The van der Waals surface area contributed by atoms with E-state index >= 15 is 0 Å². The zero-order valence-electron chi connectivity index (χ0n) is 16.2. The molecule has 1 atom stereocenters. The third-order valence-corrected chi connectivity index (χ3v) is 6.49. The second-order valence-electron chi connectivity index (χ2n) is 8.11. The van der Waals surface area contributed by atoms with Crippen LogP contribution in [0.15, 0.2) is 42.5 Å². The summed E-state index contributed by atoms with van der Waals surface area (Å²) in [6, 6.07) is 13.1. The van der Waals surface area contributed by atoms with Crippen LogP contribution in [0.3, 0.4) is 0 Å². The number of hydrogen-bond donors (Lipinski definition) is 1. The number of piperidine rings is 1. The zero-order chi connectivity index (χ0) is 19.9. The van der Waals surface area contributed by atoms with Gasteiger partial charge in [0.05, 0.1) is 0 Å². The van der Waals surface area contributed by atoms with Crippen LogP contribution >= 0.6 is 11.6 Å². The second kappa shape index (κ2) is 7.37. The van der Waals surface area contributed by atoms with E-state index in [2.05, 4.69) is 29.4 Å². The topological polar surface area (TPSA) is 35.6 Å². The number of benzene rings is 2. The summed E-state index contributed by atoms with van der Waals surface area (Å²) in [5, 5.41) is 3.57. The van der Waals surface area contributed by atoms with Crippen molar-refractivity contribution in [3.8, 4) is 0 Å². The fourth-order valence-electron chi connectivity index (χ4n) is 4.74. The average molecular weight is 402 g/mol. The molecule has 1 N–H and O–H groups in total. The summed E-state index contributed by atoms with van der Waals surface area (Å²) >= 11 is 6.04. The molecule has 2 fully saturated rings. The minimum Gasteiger partial charge on any atom is -0.324 e. The predicted octanol–water partition coefficient (Wildman–Crippen LogP) is 5.09. The van der Waals surface area contributed by atoms with Crippen LogP contribution in [0.2, 0.25) is 5.02 Å². The molecule has 148 valence electrons. The summed E-state index contributed by atoms with van der Waals surface area (Å²) in [5.41, 5.74) is 2.55. The van der Waals surface area contributed by atoms with Crippen molar-refractivity contribution in [1.29, 1.82) is 0 Å². The molecule has 1 spiro atoms. The van der Waals surface area contributed by atoms with Crippen molar-refractivity contribution in [2.24, 2.45) is 5.41 Å². The highest BCUT2D eigenvalue weighted by Gasteiger charge is 2.52. The number of carbonyl (C=O) groups excluding carboxylic acids is 1. The quantitative estimate of drug-likeness (QED) is 0.760. The summed E-state index contributed by atoms with van der Waals surface area (Å²) in [5.74, 6) is -0.307. The molecule has 2 aromatic carbocycles. The molecule has 0 aromatic heterocycles. The summed E-state index contributed by atoms with van der Waals surface area (Å²) < 4.78 is 13.7. The highest BCUT2D eigenvalue weighted by Crippen LogP contribution is 2.54. The Morgan fingerprint density at radius 1 is 1.18 bits per heavy atom. The number of urea groups is 1. The molecule has 2 amide bonds. The SMILES string of the molecule is Cc1ccc(NC(=O)N2CCC3(CC2)CN(C)C3c2ccc(Cl)cc2)cc1F. The number of rotatable bonds is 2. The molecule has 6 heteroatoms. The van der Waals surface area contributed by atoms with Crippen LogP contribution in [0, 0.1) is 18.2 Å². The van der Waals surface area contributed by atoms with E-state index in [0.717, 1.165) is 24.4 Å². The Bertz CT molecular complexity index is 878. The Hall–Kier alpha value is -2.11. The zero-order valence-corrected chi connectivity index (χ0v) is 17.0. The van der Waals surface area contributed by atoms with Crippen LogP contribution < -0.4 is 5.32 Å². The van der Waals surface area contributed by atoms with Gasteiger partial charge in [0.1, 0.15) is 5.82 Å². The van der Waals surface area contributed by atoms with Crippen molar-refractivity contribution in [3.05, 3.63) is 64.4 Å². The Morgan fingerprint density at radius 2 is 1.86 bits per heavy atom. The molecule has 2 aliphatic heterocycles. The first-order chi connectivity index (χ1) is 13.4. The van der Waals surface area contributed by atoms with E-state index < -0.39 is 0 Å². The molecule has 2 saturated heterocycles. The molecule has 2 aliphatic rings. The first-order valence-corrected chi connectivity index (χ1v) is 10.0.